The predicted molar refractivity (Wildman–Crippen MR) is 125 cm³/mol. The Labute approximate surface area is 195 Å². The van der Waals surface area contributed by atoms with Crippen molar-refractivity contribution < 1.29 is 14.5 Å². The highest BCUT2D eigenvalue weighted by atomic mass is 16.6. The molecule has 0 N–H and O–H groups in total. The van der Waals surface area contributed by atoms with Crippen molar-refractivity contribution in [1.29, 1.82) is 0 Å². The first-order valence-corrected chi connectivity index (χ1v) is 10.7. The fourth-order valence-corrected chi connectivity index (χ4v) is 4.43. The van der Waals surface area contributed by atoms with Crippen molar-refractivity contribution in [2.75, 3.05) is 12.0 Å². The van der Waals surface area contributed by atoms with Crippen LogP contribution in [0.3, 0.4) is 0 Å². The van der Waals surface area contributed by atoms with E-state index in [2.05, 4.69) is 10.1 Å². The number of methoxy groups -OCH3 is 1. The molecule has 0 aliphatic carbocycles. The number of anilines is 1. The number of hydrogen-bond donors (Lipinski definition) is 0. The minimum atomic E-state index is -0.545. The van der Waals surface area contributed by atoms with Crippen molar-refractivity contribution in [3.05, 3.63) is 112 Å². The molecule has 0 fully saturated rings. The van der Waals surface area contributed by atoms with Crippen molar-refractivity contribution in [1.82, 2.24) is 14.8 Å². The van der Waals surface area contributed by atoms with Crippen LogP contribution in [0.4, 0.5) is 11.6 Å². The van der Waals surface area contributed by atoms with Crippen LogP contribution in [0.5, 0.6) is 5.75 Å². The lowest BCUT2D eigenvalue weighted by molar-refractivity contribution is -0.385. The zero-order valence-corrected chi connectivity index (χ0v) is 18.3. The van der Waals surface area contributed by atoms with Gasteiger partial charge < -0.3 is 4.74 Å². The summed E-state index contributed by atoms with van der Waals surface area (Å²) in [5, 5.41) is 16.1. The van der Waals surface area contributed by atoms with E-state index in [4.69, 9.17) is 4.74 Å². The van der Waals surface area contributed by atoms with Crippen molar-refractivity contribution >= 4 is 17.5 Å². The van der Waals surface area contributed by atoms with Crippen LogP contribution >= 0.6 is 0 Å². The number of hydrogen-bond acceptors (Lipinski definition) is 6. The molecular formula is C25H21N5O4. The number of amides is 1. The van der Waals surface area contributed by atoms with Gasteiger partial charge in [-0.3, -0.25) is 19.8 Å². The van der Waals surface area contributed by atoms with Crippen LogP contribution in [-0.4, -0.2) is 32.7 Å². The van der Waals surface area contributed by atoms with Gasteiger partial charge in [-0.2, -0.15) is 10.1 Å². The van der Waals surface area contributed by atoms with Gasteiger partial charge >= 0.3 is 0 Å². The van der Waals surface area contributed by atoms with E-state index in [9.17, 15) is 14.9 Å². The zero-order valence-electron chi connectivity index (χ0n) is 18.3. The number of nitro benzene ring substituents is 1. The van der Waals surface area contributed by atoms with Crippen LogP contribution in [0.2, 0.25) is 0 Å². The number of fused-ring (bicyclic) bond motifs is 1. The molecular weight excluding hydrogens is 434 g/mol. The van der Waals surface area contributed by atoms with Crippen LogP contribution in [0, 0.1) is 10.1 Å². The van der Waals surface area contributed by atoms with Gasteiger partial charge in [0, 0.05) is 6.07 Å². The third kappa shape index (κ3) is 3.66. The molecule has 0 bridgehead atoms. The number of rotatable bonds is 5. The number of benzene rings is 3. The second kappa shape index (κ2) is 8.78. The molecule has 4 aromatic rings. The smallest absolute Gasteiger partial charge is 0.282 e. The monoisotopic (exact) mass is 455 g/mol. The maximum atomic E-state index is 13.9. The van der Waals surface area contributed by atoms with E-state index in [1.54, 1.807) is 23.9 Å². The highest BCUT2D eigenvalue weighted by molar-refractivity contribution is 6.08. The molecule has 2 heterocycles. The lowest BCUT2D eigenvalue weighted by Gasteiger charge is -2.39. The molecule has 0 spiro atoms. The Bertz CT molecular complexity index is 1340. The molecule has 9 nitrogen and oxygen atoms in total. The summed E-state index contributed by atoms with van der Waals surface area (Å²) in [6, 6.07) is 22.7. The fraction of sp³-hybridized carbons (Fsp3) is 0.160. The minimum Gasteiger partial charge on any atom is -0.497 e. The molecule has 1 amide bonds. The Balaban J connectivity index is 1.66. The number of nitrogens with zero attached hydrogens (tertiary/aromatic N) is 5. The second-order valence-electron chi connectivity index (χ2n) is 7.91. The quantitative estimate of drug-likeness (QED) is 0.322. The third-order valence-corrected chi connectivity index (χ3v) is 6.06. The average molecular weight is 455 g/mol. The van der Waals surface area contributed by atoms with E-state index < -0.39 is 16.9 Å². The first kappa shape index (κ1) is 21.3. The molecule has 0 saturated carbocycles. The van der Waals surface area contributed by atoms with Crippen LogP contribution in [0.15, 0.2) is 85.2 Å². The van der Waals surface area contributed by atoms with Crippen molar-refractivity contribution in [3.8, 4) is 5.75 Å². The van der Waals surface area contributed by atoms with Crippen LogP contribution in [0.1, 0.15) is 40.0 Å². The number of carbonyl (C=O) groups is 1. The van der Waals surface area contributed by atoms with Gasteiger partial charge in [-0.1, -0.05) is 54.6 Å². The van der Waals surface area contributed by atoms with Crippen molar-refractivity contribution in [3.63, 3.8) is 0 Å². The molecule has 34 heavy (non-hydrogen) atoms. The molecule has 170 valence electrons. The van der Waals surface area contributed by atoms with Gasteiger partial charge in [-0.05, 0) is 35.7 Å². The van der Waals surface area contributed by atoms with E-state index in [1.807, 2.05) is 54.6 Å². The maximum Gasteiger partial charge on any atom is 0.282 e. The Morgan fingerprint density at radius 1 is 0.971 bits per heavy atom. The minimum absolute atomic E-state index is 0.00118. The first-order chi connectivity index (χ1) is 16.6. The highest BCUT2D eigenvalue weighted by Crippen LogP contribution is 2.43. The lowest BCUT2D eigenvalue weighted by Crippen LogP contribution is -2.42. The molecule has 3 aromatic carbocycles. The van der Waals surface area contributed by atoms with E-state index in [-0.39, 0.29) is 17.3 Å². The van der Waals surface area contributed by atoms with Gasteiger partial charge in [-0.25, -0.2) is 4.68 Å². The van der Waals surface area contributed by atoms with Crippen LogP contribution < -0.4 is 9.64 Å². The van der Waals surface area contributed by atoms with E-state index in [0.29, 0.717) is 18.1 Å². The Morgan fingerprint density at radius 2 is 1.65 bits per heavy atom. The summed E-state index contributed by atoms with van der Waals surface area (Å²) in [5.41, 5.74) is 1.64. The van der Waals surface area contributed by atoms with Gasteiger partial charge in [0.15, 0.2) is 0 Å². The molecule has 0 unspecified atom stereocenters. The Kier molecular flexibility index (Phi) is 5.51. The van der Waals surface area contributed by atoms with E-state index in [0.717, 1.165) is 11.1 Å². The molecule has 1 aliphatic rings. The number of aromatic nitrogens is 3. The number of para-hydroxylation sites is 1. The summed E-state index contributed by atoms with van der Waals surface area (Å²) in [6.07, 6.45) is 1.92. The fourth-order valence-electron chi connectivity index (χ4n) is 4.43. The standard InChI is InChI=1S/C25H21N5O4/c1-34-19-13-11-18(12-14-19)22-15-23(17-7-3-2-4-8-17)29-25(26-16-27-29)28(22)24(31)20-9-5-6-10-21(20)30(32)33/h2-14,16,22-23H,15H2,1H3/t22-,23-/m1/s1. The Hall–Kier alpha value is -4.53. The predicted octanol–water partition coefficient (Wildman–Crippen LogP) is 4.58. The number of ether oxygens (including phenoxy) is 1. The topological polar surface area (TPSA) is 103 Å². The average Bonchev–Trinajstić information content (AvgIpc) is 3.38. The SMILES string of the molecule is COc1ccc([C@H]2C[C@H](c3ccccc3)n3ncnc3N2C(=O)c2ccccc2[N+](=O)[O-])cc1. The van der Waals surface area contributed by atoms with Crippen LogP contribution in [-0.2, 0) is 0 Å². The van der Waals surface area contributed by atoms with Crippen molar-refractivity contribution in [2.45, 2.75) is 18.5 Å². The molecule has 9 heteroatoms. The van der Waals surface area contributed by atoms with E-state index >= 15 is 0 Å². The second-order valence-corrected chi connectivity index (χ2v) is 7.91. The maximum absolute atomic E-state index is 13.9. The highest BCUT2D eigenvalue weighted by Gasteiger charge is 2.41. The van der Waals surface area contributed by atoms with Gasteiger partial charge in [0.2, 0.25) is 5.95 Å². The summed E-state index contributed by atoms with van der Waals surface area (Å²) in [4.78, 5) is 30.9. The summed E-state index contributed by atoms with van der Waals surface area (Å²) >= 11 is 0. The molecule has 0 saturated heterocycles. The zero-order chi connectivity index (χ0) is 23.7. The molecule has 1 aliphatic heterocycles. The normalized spacial score (nSPS) is 17.1. The Morgan fingerprint density at radius 3 is 2.35 bits per heavy atom. The first-order valence-electron chi connectivity index (χ1n) is 10.7. The molecule has 0 radical (unpaired) electrons. The van der Waals surface area contributed by atoms with Gasteiger partial charge in [0.1, 0.15) is 17.6 Å². The summed E-state index contributed by atoms with van der Waals surface area (Å²) in [7, 11) is 1.59. The number of carbonyl (C=O) groups excluding carboxylic acids is 1. The molecule has 5 rings (SSSR count). The van der Waals surface area contributed by atoms with E-state index in [1.165, 1.54) is 23.4 Å². The summed E-state index contributed by atoms with van der Waals surface area (Å²) in [5.74, 6) is 0.525. The van der Waals surface area contributed by atoms with Gasteiger partial charge in [-0.15, -0.1) is 0 Å². The summed E-state index contributed by atoms with van der Waals surface area (Å²) in [6.45, 7) is 0. The lowest BCUT2D eigenvalue weighted by atomic mass is 9.91. The third-order valence-electron chi connectivity index (χ3n) is 6.06. The van der Waals surface area contributed by atoms with Crippen LogP contribution in [0.25, 0.3) is 0 Å². The summed E-state index contributed by atoms with van der Waals surface area (Å²) < 4.78 is 7.00. The van der Waals surface area contributed by atoms with Gasteiger partial charge in [0.05, 0.1) is 24.1 Å². The van der Waals surface area contributed by atoms with Crippen molar-refractivity contribution in [2.24, 2.45) is 0 Å². The van der Waals surface area contributed by atoms with Gasteiger partial charge in [0.25, 0.3) is 11.6 Å². The largest absolute Gasteiger partial charge is 0.497 e. The molecule has 1 aromatic heterocycles. The molecule has 2 atom stereocenters. The number of nitro groups is 1.